The number of hydrogen-bond donors (Lipinski definition) is 3. The Kier molecular flexibility index (Phi) is 19.3. The molecule has 12 atom stereocenters. The number of nitrogens with zero attached hydrogens (tertiary/aromatic N) is 4. The van der Waals surface area contributed by atoms with Crippen molar-refractivity contribution in [3.05, 3.63) is 189 Å². The molecular weight excluding hydrogens is 1230 g/mol. The van der Waals surface area contributed by atoms with Crippen LogP contribution in [-0.2, 0) is 52.3 Å². The number of carbonyl (C=O) groups is 8. The van der Waals surface area contributed by atoms with Crippen LogP contribution in [0, 0.1) is 26.9 Å². The van der Waals surface area contributed by atoms with E-state index in [-0.39, 0.29) is 65.4 Å². The highest BCUT2D eigenvalue weighted by Crippen LogP contribution is 2.64. The van der Waals surface area contributed by atoms with Crippen LogP contribution in [0.2, 0.25) is 0 Å². The molecule has 3 amide bonds. The van der Waals surface area contributed by atoms with Crippen LogP contribution < -0.4 is 15.8 Å². The average molecular weight is 1300 g/mol. The summed E-state index contributed by atoms with van der Waals surface area (Å²) in [6.07, 6.45) is -12.0. The van der Waals surface area contributed by atoms with E-state index in [1.807, 2.05) is 6.07 Å². The predicted molar refractivity (Wildman–Crippen MR) is 339 cm³/mol. The Labute approximate surface area is 546 Å². The lowest BCUT2D eigenvalue weighted by Crippen LogP contribution is -2.83. The average Bonchev–Trinajstić information content (AvgIpc) is 0.670. The highest BCUT2D eigenvalue weighted by atomic mass is 16.6. The molecule has 4 aliphatic rings. The summed E-state index contributed by atoms with van der Waals surface area (Å²) in [5.41, 5.74) is 1.78. The fourth-order valence-electron chi connectivity index (χ4n) is 13.6. The van der Waals surface area contributed by atoms with Gasteiger partial charge in [0, 0.05) is 82.5 Å². The zero-order valence-electron chi connectivity index (χ0n) is 53.7. The van der Waals surface area contributed by atoms with Crippen molar-refractivity contribution < 1.29 is 86.3 Å². The van der Waals surface area contributed by atoms with Gasteiger partial charge in [-0.1, -0.05) is 86.6 Å². The molecule has 2 saturated carbocycles. The van der Waals surface area contributed by atoms with Crippen molar-refractivity contribution in [2.24, 2.45) is 22.5 Å². The zero-order valence-corrected chi connectivity index (χ0v) is 53.7. The number of likely N-dealkylation sites (N-methyl/N-ethyl adjacent to an activating group) is 2. The van der Waals surface area contributed by atoms with Gasteiger partial charge in [0.25, 0.3) is 5.91 Å². The predicted octanol–water partition coefficient (Wildman–Crippen LogP) is 8.86. The second kappa shape index (κ2) is 27.1. The third-order valence-electron chi connectivity index (χ3n) is 19.0. The Morgan fingerprint density at radius 3 is 2.03 bits per heavy atom. The summed E-state index contributed by atoms with van der Waals surface area (Å²) in [7, 11) is 2.74. The third kappa shape index (κ3) is 13.1. The van der Waals surface area contributed by atoms with Gasteiger partial charge in [0.1, 0.15) is 36.2 Å². The molecule has 0 spiro atoms. The van der Waals surface area contributed by atoms with E-state index in [0.29, 0.717) is 16.8 Å². The van der Waals surface area contributed by atoms with Gasteiger partial charge in [-0.3, -0.25) is 34.3 Å². The van der Waals surface area contributed by atoms with Gasteiger partial charge in [0.15, 0.2) is 17.5 Å². The molecule has 95 heavy (non-hydrogen) atoms. The number of nitro benzene ring substituents is 1. The van der Waals surface area contributed by atoms with E-state index in [1.54, 1.807) is 118 Å². The summed E-state index contributed by atoms with van der Waals surface area (Å²) in [4.78, 5) is 134. The van der Waals surface area contributed by atoms with E-state index in [4.69, 9.17) is 43.6 Å². The van der Waals surface area contributed by atoms with Crippen LogP contribution in [0.1, 0.15) is 105 Å². The van der Waals surface area contributed by atoms with Crippen LogP contribution in [0.4, 0.5) is 15.3 Å². The Balaban J connectivity index is 0.972. The number of rotatable bonds is 19. The monoisotopic (exact) mass is 1300 g/mol. The molecule has 3 fully saturated rings. The Hall–Kier alpha value is -10.1. The number of Topliss-reactive ketones (excluding diaryl/α,β-unsaturated/α-hetero) is 1. The molecule has 498 valence electrons. The standard InChI is InChI=1S/C70H74N6O19/c1-39-52(37-70(71)61(94-63(82)45-24-17-12-18-25-45)59-68(7,53(79)36-54-69(59,38-88-54)95-42(4)78)60(80)57(90-41(3)77)55(39)67(70,5)6)92-64(83)58(56(43-20-13-10-14-21-43)73-62(81)44-22-15-11-16-23-44)93-66(85)75(9)33-32-74(8)65(84)89-40(2)46-27-30-50(76(86)87)51(35-46)91-48-28-29-49-47(34-48)26-19-31-72-49/h10-31,34-35,40,52-54,56-59,61,79H,32-33,36-38,71H2,1-9H3,(H,73,81)/t40?,52-,53-,54+,56-,57+,58+,59-,61-,68+,69-,70+/m0/s1. The maximum atomic E-state index is 16.0. The largest absolute Gasteiger partial charge is 0.456 e. The minimum absolute atomic E-state index is 0.0225. The van der Waals surface area contributed by atoms with Crippen LogP contribution in [-0.4, -0.2) is 154 Å². The van der Waals surface area contributed by atoms with Crippen molar-refractivity contribution in [1.29, 1.82) is 0 Å². The highest BCUT2D eigenvalue weighted by Gasteiger charge is 2.78. The molecule has 3 aliphatic carbocycles. The molecule has 5 aromatic carbocycles. The molecule has 25 nitrogen and oxygen atoms in total. The number of nitro groups is 1. The number of amides is 3. The van der Waals surface area contributed by atoms with E-state index < -0.39 is 136 Å². The van der Waals surface area contributed by atoms with Gasteiger partial charge in [0.05, 0.1) is 45.6 Å². The topological polar surface area (TPSA) is 331 Å². The number of aliphatic hydroxyl groups excluding tert-OH is 1. The maximum absolute atomic E-state index is 16.0. The van der Waals surface area contributed by atoms with Crippen molar-refractivity contribution in [3.63, 3.8) is 0 Å². The minimum atomic E-state index is -2.08. The fraction of sp³-hybridized carbons (Fsp3) is 0.386. The number of benzene rings is 5. The maximum Gasteiger partial charge on any atom is 0.410 e. The summed E-state index contributed by atoms with van der Waals surface area (Å²) >= 11 is 0. The molecule has 6 aromatic rings. The smallest absolute Gasteiger partial charge is 0.410 e. The van der Waals surface area contributed by atoms with Crippen molar-refractivity contribution in [2.45, 2.75) is 121 Å². The highest BCUT2D eigenvalue weighted by molar-refractivity contribution is 5.97. The van der Waals surface area contributed by atoms with Gasteiger partial charge < -0.3 is 63.9 Å². The van der Waals surface area contributed by atoms with Crippen LogP contribution >= 0.6 is 0 Å². The first-order valence-corrected chi connectivity index (χ1v) is 30.8. The van der Waals surface area contributed by atoms with Gasteiger partial charge >= 0.3 is 41.8 Å². The SMILES string of the molecule is CC(=O)O[C@H]1C(=O)[C@@]2(C)[C@H]([C@H](OC(=O)c3ccccc3)[C@]3(N)C[C@H](OC(=O)[C@H](OC(=O)N(C)CCN(C)C(=O)OC(C)c4ccc([N+](=O)[O-])c(Oc5ccc6ncccc6c5)c4)[C@@H](NC(=O)c4ccccc4)c4ccccc4)C(C)=C1C3(C)C)[C@]1(OC(C)=O)CO[C@@H]1C[C@@H]2O. The molecule has 4 N–H and O–H groups in total. The van der Waals surface area contributed by atoms with Crippen LogP contribution in [0.15, 0.2) is 157 Å². The molecular formula is C70H74N6O19. The van der Waals surface area contributed by atoms with E-state index in [9.17, 15) is 44.0 Å². The number of hydrogen-bond acceptors (Lipinski definition) is 21. The molecule has 2 heterocycles. The van der Waals surface area contributed by atoms with Crippen molar-refractivity contribution in [3.8, 4) is 11.5 Å². The second-order valence-corrected chi connectivity index (χ2v) is 25.1. The number of esters is 4. The van der Waals surface area contributed by atoms with E-state index in [2.05, 4.69) is 10.3 Å². The van der Waals surface area contributed by atoms with Gasteiger partial charge in [-0.05, 0) is 104 Å². The van der Waals surface area contributed by atoms with Gasteiger partial charge in [-0.2, -0.15) is 0 Å². The number of carbonyl (C=O) groups excluding carboxylic acids is 8. The quantitative estimate of drug-likeness (QED) is 0.0224. The zero-order chi connectivity index (χ0) is 68.5. The molecule has 1 unspecified atom stereocenters. The minimum Gasteiger partial charge on any atom is -0.456 e. The number of pyridine rings is 1. The lowest BCUT2D eigenvalue weighted by Gasteiger charge is -2.67. The number of aromatic nitrogens is 1. The molecule has 1 aliphatic heterocycles. The Morgan fingerprint density at radius 2 is 1.42 bits per heavy atom. The van der Waals surface area contributed by atoms with E-state index in [1.165, 1.54) is 70.4 Å². The number of fused-ring (bicyclic) bond motifs is 6. The Morgan fingerprint density at radius 1 is 0.789 bits per heavy atom. The van der Waals surface area contributed by atoms with Crippen molar-refractivity contribution >= 4 is 64.3 Å². The summed E-state index contributed by atoms with van der Waals surface area (Å²) in [6, 6.07) is 35.1. The molecule has 2 bridgehead atoms. The van der Waals surface area contributed by atoms with Gasteiger partial charge in [-0.25, -0.2) is 19.2 Å². The number of nitrogens with two attached hydrogens (primary N) is 1. The summed E-state index contributed by atoms with van der Waals surface area (Å²) in [5.74, 6) is -6.85. The number of nitrogens with one attached hydrogen (secondary N) is 1. The molecule has 1 aromatic heterocycles. The van der Waals surface area contributed by atoms with Crippen molar-refractivity contribution in [2.75, 3.05) is 33.8 Å². The number of aliphatic hydroxyl groups is 1. The lowest BCUT2D eigenvalue weighted by atomic mass is 9.44. The van der Waals surface area contributed by atoms with Crippen LogP contribution in [0.25, 0.3) is 10.9 Å². The normalized spacial score (nSPS) is 24.9. The van der Waals surface area contributed by atoms with Crippen LogP contribution in [0.3, 0.4) is 0 Å². The molecule has 0 radical (unpaired) electrons. The molecule has 25 heteroatoms. The molecule has 10 rings (SSSR count). The summed E-state index contributed by atoms with van der Waals surface area (Å²) in [5, 5.41) is 28.1. The first kappa shape index (κ1) is 67.8. The fourth-order valence-corrected chi connectivity index (χ4v) is 13.6. The van der Waals surface area contributed by atoms with Crippen molar-refractivity contribution in [1.82, 2.24) is 20.1 Å². The Bertz CT molecular complexity index is 4000. The van der Waals surface area contributed by atoms with E-state index >= 15 is 9.59 Å². The van der Waals surface area contributed by atoms with Crippen LogP contribution in [0.5, 0.6) is 11.5 Å². The third-order valence-corrected chi connectivity index (χ3v) is 19.0. The molecule has 1 saturated heterocycles. The second-order valence-electron chi connectivity index (χ2n) is 25.1. The first-order valence-electron chi connectivity index (χ1n) is 30.8. The summed E-state index contributed by atoms with van der Waals surface area (Å²) in [6.45, 7) is 9.27. The summed E-state index contributed by atoms with van der Waals surface area (Å²) < 4.78 is 49.5. The van der Waals surface area contributed by atoms with Gasteiger partial charge in [-0.15, -0.1) is 0 Å². The van der Waals surface area contributed by atoms with E-state index in [0.717, 1.165) is 29.0 Å². The lowest BCUT2D eigenvalue weighted by molar-refractivity contribution is -0.385. The number of ether oxygens (including phenoxy) is 8. The first-order chi connectivity index (χ1) is 45.1. The number of ketones is 1. The van der Waals surface area contributed by atoms with Gasteiger partial charge in [0.2, 0.25) is 11.9 Å².